The molecule has 0 aliphatic heterocycles. The highest BCUT2D eigenvalue weighted by Crippen LogP contribution is 2.35. The molecule has 11 nitrogen and oxygen atoms in total. The van der Waals surface area contributed by atoms with Crippen LogP contribution in [0, 0.1) is 10.1 Å². The Morgan fingerprint density at radius 2 is 1.72 bits per heavy atom. The number of nitrogens with one attached hydrogen (secondary N) is 2. The molecule has 0 aromatic heterocycles. The Kier molecular flexibility index (Phi) is 8.79. The molecule has 0 unspecified atom stereocenters. The highest BCUT2D eigenvalue weighted by atomic mass is 32.2. The fraction of sp³-hybridized carbons (Fsp3) is 0.350. The van der Waals surface area contributed by atoms with Crippen LogP contribution < -0.4 is 19.5 Å². The van der Waals surface area contributed by atoms with Gasteiger partial charge in [0.1, 0.15) is 12.2 Å². The quantitative estimate of drug-likeness (QED) is 0.275. The van der Waals surface area contributed by atoms with Crippen molar-refractivity contribution >= 4 is 33.0 Å². The van der Waals surface area contributed by atoms with E-state index >= 15 is 0 Å². The van der Waals surface area contributed by atoms with Crippen LogP contribution >= 0.6 is 0 Å². The molecule has 2 N–H and O–H groups in total. The molecule has 1 amide bonds. The first-order valence-corrected chi connectivity index (χ1v) is 11.3. The van der Waals surface area contributed by atoms with Crippen molar-refractivity contribution in [1.82, 2.24) is 0 Å². The van der Waals surface area contributed by atoms with Gasteiger partial charge in [-0.1, -0.05) is 6.92 Å². The third-order valence-electron chi connectivity index (χ3n) is 4.16. The van der Waals surface area contributed by atoms with Crippen LogP contribution in [0.25, 0.3) is 0 Å². The van der Waals surface area contributed by atoms with E-state index in [1.165, 1.54) is 44.6 Å². The second kappa shape index (κ2) is 11.3. The summed E-state index contributed by atoms with van der Waals surface area (Å²) in [5, 5.41) is 14.1. The molecule has 174 valence electrons. The van der Waals surface area contributed by atoms with Crippen molar-refractivity contribution in [2.24, 2.45) is 0 Å². The summed E-state index contributed by atoms with van der Waals surface area (Å²) in [5.74, 6) is -0.492. The molecule has 0 aliphatic rings. The molecule has 0 bridgehead atoms. The van der Waals surface area contributed by atoms with Gasteiger partial charge in [-0.05, 0) is 30.7 Å². The molecular weight excluding hydrogens is 442 g/mol. The number of hydrogen-bond acceptors (Lipinski definition) is 8. The zero-order chi connectivity index (χ0) is 23.7. The van der Waals surface area contributed by atoms with Gasteiger partial charge in [0, 0.05) is 24.6 Å². The summed E-state index contributed by atoms with van der Waals surface area (Å²) in [5.41, 5.74) is -0.0258. The number of rotatable bonds is 12. The van der Waals surface area contributed by atoms with Gasteiger partial charge in [-0.2, -0.15) is 0 Å². The minimum atomic E-state index is -3.45. The predicted octanol–water partition coefficient (Wildman–Crippen LogP) is 3.03. The van der Waals surface area contributed by atoms with Gasteiger partial charge < -0.3 is 19.5 Å². The smallest absolute Gasteiger partial charge is 0.286 e. The van der Waals surface area contributed by atoms with Crippen molar-refractivity contribution in [3.63, 3.8) is 0 Å². The molecule has 0 aliphatic carbocycles. The first kappa shape index (κ1) is 24.9. The van der Waals surface area contributed by atoms with E-state index in [1.807, 2.05) is 0 Å². The highest BCUT2D eigenvalue weighted by molar-refractivity contribution is 7.92. The zero-order valence-corrected chi connectivity index (χ0v) is 18.7. The maximum Gasteiger partial charge on any atom is 0.286 e. The van der Waals surface area contributed by atoms with Gasteiger partial charge in [0.05, 0.1) is 30.5 Å². The third-order valence-corrected chi connectivity index (χ3v) is 5.65. The molecule has 12 heteroatoms. The maximum absolute atomic E-state index is 12.7. The lowest BCUT2D eigenvalue weighted by molar-refractivity contribution is -0.385. The fourth-order valence-electron chi connectivity index (χ4n) is 2.71. The first-order chi connectivity index (χ1) is 15.2. The minimum Gasteiger partial charge on any atom is -0.493 e. The second-order valence-electron chi connectivity index (χ2n) is 6.57. The summed E-state index contributed by atoms with van der Waals surface area (Å²) in [7, 11) is -0.604. The molecule has 0 atom stereocenters. The van der Waals surface area contributed by atoms with E-state index in [9.17, 15) is 23.3 Å². The van der Waals surface area contributed by atoms with Crippen molar-refractivity contribution in [2.75, 3.05) is 43.2 Å². The number of sulfonamides is 1. The van der Waals surface area contributed by atoms with Crippen molar-refractivity contribution in [3.05, 3.63) is 52.1 Å². The number of benzene rings is 2. The number of ether oxygens (including phenoxy) is 3. The summed E-state index contributed by atoms with van der Waals surface area (Å²) in [4.78, 5) is 23.6. The molecule has 0 fully saturated rings. The number of carbonyl (C=O) groups excluding carboxylic acids is 1. The largest absolute Gasteiger partial charge is 0.493 e. The Morgan fingerprint density at radius 1 is 1.06 bits per heavy atom. The van der Waals surface area contributed by atoms with Gasteiger partial charge in [-0.3, -0.25) is 19.6 Å². The molecule has 0 heterocycles. The molecule has 0 radical (unpaired) electrons. The lowest BCUT2D eigenvalue weighted by atomic mass is 10.1. The van der Waals surface area contributed by atoms with Gasteiger partial charge in [0.25, 0.3) is 11.6 Å². The normalized spacial score (nSPS) is 11.0. The van der Waals surface area contributed by atoms with Crippen LogP contribution in [0.5, 0.6) is 11.5 Å². The maximum atomic E-state index is 12.7. The number of nitro groups is 1. The molecule has 32 heavy (non-hydrogen) atoms. The topological polar surface area (TPSA) is 146 Å². The van der Waals surface area contributed by atoms with Gasteiger partial charge in [0.2, 0.25) is 10.0 Å². The standard InChI is InChI=1S/C20H25N3O8S/c1-4-11-32(27,28)22-15-7-5-14(6-8-15)21-20(24)16-12-18(30-3)19(31-10-9-29-2)13-17(16)23(25)26/h5-8,12-13,22H,4,9-11H2,1-3H3,(H,21,24). The van der Waals surface area contributed by atoms with Gasteiger partial charge in [0.15, 0.2) is 11.5 Å². The SMILES string of the molecule is CCCS(=O)(=O)Nc1ccc(NC(=O)c2cc(OC)c(OCCOC)cc2[N+](=O)[O-])cc1. The minimum absolute atomic E-state index is 0.0117. The Hall–Kier alpha value is -3.38. The highest BCUT2D eigenvalue weighted by Gasteiger charge is 2.25. The average Bonchev–Trinajstić information content (AvgIpc) is 2.74. The first-order valence-electron chi connectivity index (χ1n) is 9.60. The van der Waals surface area contributed by atoms with Crippen LogP contribution in [-0.2, 0) is 14.8 Å². The van der Waals surface area contributed by atoms with Crippen LogP contribution in [0.1, 0.15) is 23.7 Å². The van der Waals surface area contributed by atoms with Gasteiger partial charge >= 0.3 is 0 Å². The van der Waals surface area contributed by atoms with Gasteiger partial charge in [-0.15, -0.1) is 0 Å². The molecule has 2 aromatic rings. The molecule has 0 saturated carbocycles. The number of nitrogens with zero attached hydrogens (tertiary/aromatic N) is 1. The number of methoxy groups -OCH3 is 2. The van der Waals surface area contributed by atoms with E-state index < -0.39 is 26.5 Å². The Balaban J connectivity index is 2.24. The predicted molar refractivity (Wildman–Crippen MR) is 119 cm³/mol. The molecule has 0 saturated heterocycles. The van der Waals surface area contributed by atoms with E-state index in [0.29, 0.717) is 17.8 Å². The van der Waals surface area contributed by atoms with E-state index in [0.717, 1.165) is 6.07 Å². The number of carbonyl (C=O) groups is 1. The molecular formula is C20H25N3O8S. The van der Waals surface area contributed by atoms with Gasteiger partial charge in [-0.25, -0.2) is 8.42 Å². The van der Waals surface area contributed by atoms with E-state index in [4.69, 9.17) is 14.2 Å². The second-order valence-corrected chi connectivity index (χ2v) is 8.41. The summed E-state index contributed by atoms with van der Waals surface area (Å²) >= 11 is 0. The van der Waals surface area contributed by atoms with Crippen LogP contribution in [0.15, 0.2) is 36.4 Å². The fourth-order valence-corrected chi connectivity index (χ4v) is 3.84. The average molecular weight is 468 g/mol. The number of nitro benzene ring substituents is 1. The monoisotopic (exact) mass is 467 g/mol. The zero-order valence-electron chi connectivity index (χ0n) is 17.9. The summed E-state index contributed by atoms with van der Waals surface area (Å²) < 4.78 is 41.6. The Morgan fingerprint density at radius 3 is 2.28 bits per heavy atom. The number of anilines is 2. The molecule has 2 aromatic carbocycles. The number of hydrogen-bond donors (Lipinski definition) is 2. The lowest BCUT2D eigenvalue weighted by Gasteiger charge is -2.13. The molecule has 0 spiro atoms. The van der Waals surface area contributed by atoms with E-state index in [-0.39, 0.29) is 36.0 Å². The Bertz CT molecular complexity index is 1060. The van der Waals surface area contributed by atoms with E-state index in [2.05, 4.69) is 10.0 Å². The Labute approximate surface area is 185 Å². The van der Waals surface area contributed by atoms with E-state index in [1.54, 1.807) is 6.92 Å². The summed E-state index contributed by atoms with van der Waals surface area (Å²) in [6.45, 7) is 2.16. The van der Waals surface area contributed by atoms with Crippen molar-refractivity contribution in [3.8, 4) is 11.5 Å². The lowest BCUT2D eigenvalue weighted by Crippen LogP contribution is -2.16. The summed E-state index contributed by atoms with van der Waals surface area (Å²) in [6.07, 6.45) is 0.474. The third kappa shape index (κ3) is 6.82. The summed E-state index contributed by atoms with van der Waals surface area (Å²) in [6, 6.07) is 8.26. The van der Waals surface area contributed by atoms with Crippen molar-refractivity contribution in [1.29, 1.82) is 0 Å². The van der Waals surface area contributed by atoms with Crippen molar-refractivity contribution < 1.29 is 32.3 Å². The van der Waals surface area contributed by atoms with Crippen molar-refractivity contribution in [2.45, 2.75) is 13.3 Å². The van der Waals surface area contributed by atoms with Crippen LogP contribution in [-0.4, -0.2) is 52.4 Å². The van der Waals surface area contributed by atoms with Crippen LogP contribution in [0.3, 0.4) is 0 Å². The number of amides is 1. The molecule has 2 rings (SSSR count). The van der Waals surface area contributed by atoms with Crippen LogP contribution in [0.4, 0.5) is 17.1 Å². The van der Waals surface area contributed by atoms with Crippen LogP contribution in [0.2, 0.25) is 0 Å².